The van der Waals surface area contributed by atoms with E-state index in [2.05, 4.69) is 5.32 Å². The Kier molecular flexibility index (Phi) is 3.29. The maximum Gasteiger partial charge on any atom is 0.227 e. The van der Waals surface area contributed by atoms with Crippen molar-refractivity contribution in [3.63, 3.8) is 0 Å². The molecule has 1 fully saturated rings. The number of ether oxygens (including phenoxy) is 2. The van der Waals surface area contributed by atoms with Crippen molar-refractivity contribution in [2.75, 3.05) is 18.5 Å². The second kappa shape index (κ2) is 5.09. The molecule has 1 amide bonds. The summed E-state index contributed by atoms with van der Waals surface area (Å²) in [4.78, 5) is 11.9. The van der Waals surface area contributed by atoms with Crippen LogP contribution in [0.25, 0.3) is 0 Å². The molecule has 0 spiro atoms. The van der Waals surface area contributed by atoms with E-state index < -0.39 is 0 Å². The van der Waals surface area contributed by atoms with Crippen molar-refractivity contribution in [3.8, 4) is 11.5 Å². The van der Waals surface area contributed by atoms with Crippen LogP contribution in [-0.2, 0) is 4.79 Å². The van der Waals surface area contributed by atoms with Crippen LogP contribution in [0, 0.1) is 5.92 Å². The first-order chi connectivity index (χ1) is 9.22. The van der Waals surface area contributed by atoms with Crippen LogP contribution in [-0.4, -0.2) is 25.2 Å². The Morgan fingerprint density at radius 1 is 1.21 bits per heavy atom. The van der Waals surface area contributed by atoms with Gasteiger partial charge < -0.3 is 20.5 Å². The van der Waals surface area contributed by atoms with Gasteiger partial charge >= 0.3 is 0 Å². The molecule has 0 unspecified atom stereocenters. The number of carbonyl (C=O) groups is 1. The highest BCUT2D eigenvalue weighted by Gasteiger charge is 2.32. The maximum atomic E-state index is 11.9. The van der Waals surface area contributed by atoms with Gasteiger partial charge in [-0.3, -0.25) is 4.79 Å². The van der Waals surface area contributed by atoms with Gasteiger partial charge in [-0.1, -0.05) is 0 Å². The van der Waals surface area contributed by atoms with Crippen molar-refractivity contribution in [2.45, 2.75) is 25.3 Å². The molecule has 3 rings (SSSR count). The summed E-state index contributed by atoms with van der Waals surface area (Å²) in [6.45, 7) is 1.31. The maximum absolute atomic E-state index is 11.9. The van der Waals surface area contributed by atoms with Crippen molar-refractivity contribution in [1.29, 1.82) is 0 Å². The van der Waals surface area contributed by atoms with E-state index in [1.807, 2.05) is 18.2 Å². The summed E-state index contributed by atoms with van der Waals surface area (Å²) in [5.74, 6) is 1.52. The van der Waals surface area contributed by atoms with E-state index in [1.54, 1.807) is 0 Å². The predicted octanol–water partition coefficient (Wildman–Crippen LogP) is 1.52. The van der Waals surface area contributed by atoms with Crippen LogP contribution in [0.3, 0.4) is 0 Å². The second-order valence-corrected chi connectivity index (χ2v) is 5.13. The van der Waals surface area contributed by atoms with Crippen LogP contribution in [0.2, 0.25) is 0 Å². The van der Waals surface area contributed by atoms with E-state index in [0.29, 0.717) is 19.0 Å². The quantitative estimate of drug-likeness (QED) is 0.847. The highest BCUT2D eigenvalue weighted by atomic mass is 16.5. The lowest BCUT2D eigenvalue weighted by molar-refractivity contribution is -0.122. The normalized spacial score (nSPS) is 25.1. The molecule has 0 aromatic heterocycles. The molecule has 2 aliphatic rings. The number of rotatable bonds is 2. The molecule has 5 nitrogen and oxygen atoms in total. The van der Waals surface area contributed by atoms with E-state index in [9.17, 15) is 4.79 Å². The third kappa shape index (κ3) is 2.66. The Morgan fingerprint density at radius 3 is 2.68 bits per heavy atom. The SMILES string of the molecule is NC1CC(C(=O)Nc2ccc3c(c2)OCCCO3)C1. The number of amides is 1. The lowest BCUT2D eigenvalue weighted by atomic mass is 9.80. The van der Waals surface area contributed by atoms with Crippen LogP contribution in [0.15, 0.2) is 18.2 Å². The van der Waals surface area contributed by atoms with Crippen LogP contribution in [0.5, 0.6) is 11.5 Å². The third-order valence-corrected chi connectivity index (χ3v) is 3.56. The molecule has 0 saturated heterocycles. The summed E-state index contributed by atoms with van der Waals surface area (Å²) in [5.41, 5.74) is 6.44. The first kappa shape index (κ1) is 12.3. The van der Waals surface area contributed by atoms with Gasteiger partial charge in [-0.25, -0.2) is 0 Å². The van der Waals surface area contributed by atoms with Gasteiger partial charge in [-0.2, -0.15) is 0 Å². The largest absolute Gasteiger partial charge is 0.490 e. The minimum atomic E-state index is 0.0381. The summed E-state index contributed by atoms with van der Waals surface area (Å²) in [7, 11) is 0. The van der Waals surface area contributed by atoms with Gasteiger partial charge in [0, 0.05) is 30.1 Å². The van der Waals surface area contributed by atoms with Gasteiger partial charge in [0.1, 0.15) is 0 Å². The lowest BCUT2D eigenvalue weighted by Gasteiger charge is -2.31. The van der Waals surface area contributed by atoms with Crippen LogP contribution >= 0.6 is 0 Å². The van der Waals surface area contributed by atoms with Gasteiger partial charge in [-0.15, -0.1) is 0 Å². The number of fused-ring (bicyclic) bond motifs is 1. The molecular weight excluding hydrogens is 244 g/mol. The number of nitrogens with one attached hydrogen (secondary N) is 1. The Hall–Kier alpha value is -1.75. The van der Waals surface area contributed by atoms with Gasteiger partial charge in [0.2, 0.25) is 5.91 Å². The minimum absolute atomic E-state index is 0.0381. The molecule has 1 aromatic carbocycles. The van der Waals surface area contributed by atoms with Gasteiger partial charge in [-0.05, 0) is 25.0 Å². The first-order valence-electron chi connectivity index (χ1n) is 6.68. The second-order valence-electron chi connectivity index (χ2n) is 5.13. The third-order valence-electron chi connectivity index (χ3n) is 3.56. The molecule has 0 radical (unpaired) electrons. The van der Waals surface area contributed by atoms with E-state index >= 15 is 0 Å². The van der Waals surface area contributed by atoms with Crippen molar-refractivity contribution in [1.82, 2.24) is 0 Å². The van der Waals surface area contributed by atoms with Crippen LogP contribution in [0.4, 0.5) is 5.69 Å². The number of nitrogens with two attached hydrogens (primary N) is 1. The van der Waals surface area contributed by atoms with Crippen molar-refractivity contribution in [3.05, 3.63) is 18.2 Å². The van der Waals surface area contributed by atoms with Gasteiger partial charge in [0.15, 0.2) is 11.5 Å². The summed E-state index contributed by atoms with van der Waals surface area (Å²) in [6, 6.07) is 5.67. The fourth-order valence-corrected chi connectivity index (χ4v) is 2.36. The Morgan fingerprint density at radius 2 is 1.95 bits per heavy atom. The summed E-state index contributed by atoms with van der Waals surface area (Å²) < 4.78 is 11.1. The Labute approximate surface area is 112 Å². The zero-order valence-electron chi connectivity index (χ0n) is 10.7. The number of hydrogen-bond donors (Lipinski definition) is 2. The number of anilines is 1. The monoisotopic (exact) mass is 262 g/mol. The first-order valence-corrected chi connectivity index (χ1v) is 6.68. The van der Waals surface area contributed by atoms with E-state index in [1.165, 1.54) is 0 Å². The van der Waals surface area contributed by atoms with Crippen molar-refractivity contribution >= 4 is 11.6 Å². The zero-order chi connectivity index (χ0) is 13.2. The van der Waals surface area contributed by atoms with E-state index in [0.717, 1.165) is 30.7 Å². The highest BCUT2D eigenvalue weighted by Crippen LogP contribution is 2.33. The molecule has 0 atom stereocenters. The topological polar surface area (TPSA) is 73.6 Å². The summed E-state index contributed by atoms with van der Waals surface area (Å²) >= 11 is 0. The molecule has 0 bridgehead atoms. The summed E-state index contributed by atoms with van der Waals surface area (Å²) in [6.07, 6.45) is 2.42. The smallest absolute Gasteiger partial charge is 0.227 e. The average molecular weight is 262 g/mol. The van der Waals surface area contributed by atoms with Gasteiger partial charge in [0.25, 0.3) is 0 Å². The molecule has 3 N–H and O–H groups in total. The molecular formula is C14H18N2O3. The Balaban J connectivity index is 1.68. The van der Waals surface area contributed by atoms with Crippen molar-refractivity contribution < 1.29 is 14.3 Å². The molecule has 102 valence electrons. The molecule has 1 aliphatic heterocycles. The fourth-order valence-electron chi connectivity index (χ4n) is 2.36. The molecule has 1 saturated carbocycles. The summed E-state index contributed by atoms with van der Waals surface area (Å²) in [5, 5.41) is 2.90. The fraction of sp³-hybridized carbons (Fsp3) is 0.500. The molecule has 1 aromatic rings. The van der Waals surface area contributed by atoms with Crippen molar-refractivity contribution in [2.24, 2.45) is 11.7 Å². The average Bonchev–Trinajstić information content (AvgIpc) is 2.59. The zero-order valence-corrected chi connectivity index (χ0v) is 10.7. The molecule has 19 heavy (non-hydrogen) atoms. The number of benzene rings is 1. The highest BCUT2D eigenvalue weighted by molar-refractivity contribution is 5.93. The van der Waals surface area contributed by atoms with Crippen LogP contribution < -0.4 is 20.5 Å². The standard InChI is InChI=1S/C14H18N2O3/c15-10-6-9(7-10)14(17)16-11-2-3-12-13(8-11)19-5-1-4-18-12/h2-3,8-10H,1,4-7,15H2,(H,16,17). The predicted molar refractivity (Wildman–Crippen MR) is 71.4 cm³/mol. The van der Waals surface area contributed by atoms with Crippen LogP contribution in [0.1, 0.15) is 19.3 Å². The Bertz CT molecular complexity index is 484. The number of carbonyl (C=O) groups excluding carboxylic acids is 1. The molecule has 1 aliphatic carbocycles. The molecule has 1 heterocycles. The molecule has 5 heteroatoms. The van der Waals surface area contributed by atoms with E-state index in [-0.39, 0.29) is 17.9 Å². The van der Waals surface area contributed by atoms with Gasteiger partial charge in [0.05, 0.1) is 13.2 Å². The number of hydrogen-bond acceptors (Lipinski definition) is 4. The van der Waals surface area contributed by atoms with E-state index in [4.69, 9.17) is 15.2 Å². The minimum Gasteiger partial charge on any atom is -0.490 e. The lowest BCUT2D eigenvalue weighted by Crippen LogP contribution is -2.42.